The van der Waals surface area contributed by atoms with Gasteiger partial charge in [-0.3, -0.25) is 4.79 Å². The largest absolute Gasteiger partial charge is 0.497 e. The number of carbonyl (C=O) groups is 1. The van der Waals surface area contributed by atoms with Crippen molar-refractivity contribution in [1.82, 2.24) is 9.88 Å². The molecule has 138 valence electrons. The number of para-hydroxylation sites is 1. The Balaban J connectivity index is 1.43. The minimum atomic E-state index is 0.0663. The van der Waals surface area contributed by atoms with E-state index in [4.69, 9.17) is 9.72 Å². The molecule has 4 nitrogen and oxygen atoms in total. The van der Waals surface area contributed by atoms with Crippen LogP contribution in [0.25, 0.3) is 16.3 Å². The number of nitrogens with zero attached hydrogens (tertiary/aromatic N) is 2. The molecule has 1 amide bonds. The average Bonchev–Trinajstić information content (AvgIpc) is 3.17. The second-order valence-electron chi connectivity index (χ2n) is 6.75. The third kappa shape index (κ3) is 4.03. The minimum Gasteiger partial charge on any atom is -0.497 e. The van der Waals surface area contributed by atoms with Crippen molar-refractivity contribution in [3.8, 4) is 5.75 Å². The SMILES string of the molecule is COc1ccc(/C=C/C(=O)N2CCC[C@H](c3nc4ccccc4s3)C2)cc1. The van der Waals surface area contributed by atoms with E-state index in [0.29, 0.717) is 5.92 Å². The number of likely N-dealkylation sites (tertiary alicyclic amines) is 1. The van der Waals surface area contributed by atoms with Gasteiger partial charge in [0.1, 0.15) is 5.75 Å². The average molecular weight is 378 g/mol. The summed E-state index contributed by atoms with van der Waals surface area (Å²) in [6, 6.07) is 15.9. The lowest BCUT2D eigenvalue weighted by Gasteiger charge is -2.31. The predicted molar refractivity (Wildman–Crippen MR) is 110 cm³/mol. The molecule has 0 aliphatic carbocycles. The van der Waals surface area contributed by atoms with Gasteiger partial charge >= 0.3 is 0 Å². The van der Waals surface area contributed by atoms with E-state index in [1.54, 1.807) is 24.5 Å². The lowest BCUT2D eigenvalue weighted by atomic mass is 9.98. The Morgan fingerprint density at radius 1 is 1.22 bits per heavy atom. The number of benzene rings is 2. The summed E-state index contributed by atoms with van der Waals surface area (Å²) in [5, 5.41) is 1.15. The van der Waals surface area contributed by atoms with Gasteiger partial charge in [0.15, 0.2) is 0 Å². The van der Waals surface area contributed by atoms with E-state index in [2.05, 4.69) is 12.1 Å². The molecule has 1 aromatic heterocycles. The smallest absolute Gasteiger partial charge is 0.246 e. The molecular weight excluding hydrogens is 356 g/mol. The highest BCUT2D eigenvalue weighted by molar-refractivity contribution is 7.18. The lowest BCUT2D eigenvalue weighted by Crippen LogP contribution is -2.38. The van der Waals surface area contributed by atoms with E-state index in [-0.39, 0.29) is 5.91 Å². The number of hydrogen-bond donors (Lipinski definition) is 0. The Morgan fingerprint density at radius 3 is 2.81 bits per heavy atom. The zero-order valence-corrected chi connectivity index (χ0v) is 16.1. The topological polar surface area (TPSA) is 42.4 Å². The fourth-order valence-electron chi connectivity index (χ4n) is 3.43. The monoisotopic (exact) mass is 378 g/mol. The summed E-state index contributed by atoms with van der Waals surface area (Å²) < 4.78 is 6.38. The Bertz CT molecular complexity index is 929. The van der Waals surface area contributed by atoms with Crippen molar-refractivity contribution in [2.75, 3.05) is 20.2 Å². The van der Waals surface area contributed by atoms with Gasteiger partial charge in [-0.2, -0.15) is 0 Å². The third-order valence-electron chi connectivity index (χ3n) is 4.93. The number of rotatable bonds is 4. The van der Waals surface area contributed by atoms with Gasteiger partial charge in [0.2, 0.25) is 5.91 Å². The highest BCUT2D eigenvalue weighted by Crippen LogP contribution is 2.33. The molecule has 0 spiro atoms. The van der Waals surface area contributed by atoms with Gasteiger partial charge in [0.25, 0.3) is 0 Å². The van der Waals surface area contributed by atoms with E-state index in [1.165, 1.54) is 4.70 Å². The van der Waals surface area contributed by atoms with Gasteiger partial charge in [-0.05, 0) is 48.7 Å². The summed E-state index contributed by atoms with van der Waals surface area (Å²) in [5.74, 6) is 1.21. The number of amides is 1. The van der Waals surface area contributed by atoms with E-state index >= 15 is 0 Å². The van der Waals surface area contributed by atoms with Crippen molar-refractivity contribution in [2.24, 2.45) is 0 Å². The van der Waals surface area contributed by atoms with Crippen molar-refractivity contribution < 1.29 is 9.53 Å². The zero-order valence-electron chi connectivity index (χ0n) is 15.3. The predicted octanol–water partition coefficient (Wildman–Crippen LogP) is 4.72. The van der Waals surface area contributed by atoms with Crippen LogP contribution in [0.2, 0.25) is 0 Å². The van der Waals surface area contributed by atoms with Gasteiger partial charge in [-0.15, -0.1) is 11.3 Å². The van der Waals surface area contributed by atoms with E-state index in [0.717, 1.165) is 47.8 Å². The first-order valence-electron chi connectivity index (χ1n) is 9.19. The molecule has 0 unspecified atom stereocenters. The van der Waals surface area contributed by atoms with Crippen LogP contribution in [0, 0.1) is 0 Å². The van der Waals surface area contributed by atoms with Crippen LogP contribution in [0.4, 0.5) is 0 Å². The maximum atomic E-state index is 12.6. The molecule has 27 heavy (non-hydrogen) atoms. The molecule has 2 heterocycles. The summed E-state index contributed by atoms with van der Waals surface area (Å²) in [6.45, 7) is 1.55. The minimum absolute atomic E-state index is 0.0663. The molecule has 1 atom stereocenters. The van der Waals surface area contributed by atoms with Crippen molar-refractivity contribution in [3.05, 3.63) is 65.2 Å². The Morgan fingerprint density at radius 2 is 2.04 bits per heavy atom. The maximum absolute atomic E-state index is 12.6. The second kappa shape index (κ2) is 7.92. The van der Waals surface area contributed by atoms with Crippen LogP contribution in [0.3, 0.4) is 0 Å². The molecule has 5 heteroatoms. The van der Waals surface area contributed by atoms with Crippen LogP contribution in [-0.4, -0.2) is 36.0 Å². The standard InChI is InChI=1S/C22H22N2O2S/c1-26-18-11-8-16(9-12-18)10-13-21(25)24-14-4-5-17(15-24)22-23-19-6-2-3-7-20(19)27-22/h2-3,6-13,17H,4-5,14-15H2,1H3/b13-10+/t17-/m0/s1. The normalized spacial score (nSPS) is 17.5. The van der Waals surface area contributed by atoms with Crippen molar-refractivity contribution in [2.45, 2.75) is 18.8 Å². The van der Waals surface area contributed by atoms with E-state index in [9.17, 15) is 4.79 Å². The number of methoxy groups -OCH3 is 1. The molecule has 0 saturated carbocycles. The maximum Gasteiger partial charge on any atom is 0.246 e. The molecule has 0 radical (unpaired) electrons. The van der Waals surface area contributed by atoms with Crippen LogP contribution >= 0.6 is 11.3 Å². The molecule has 1 saturated heterocycles. The Labute approximate surface area is 163 Å². The molecule has 1 aliphatic rings. The molecule has 4 rings (SSSR count). The summed E-state index contributed by atoms with van der Waals surface area (Å²) >= 11 is 1.75. The van der Waals surface area contributed by atoms with E-state index < -0.39 is 0 Å². The first-order chi connectivity index (χ1) is 13.2. The highest BCUT2D eigenvalue weighted by Gasteiger charge is 2.25. The number of hydrogen-bond acceptors (Lipinski definition) is 4. The van der Waals surface area contributed by atoms with Crippen molar-refractivity contribution >= 4 is 33.5 Å². The summed E-state index contributed by atoms with van der Waals surface area (Å²) in [4.78, 5) is 19.4. The summed E-state index contributed by atoms with van der Waals surface area (Å²) in [5.41, 5.74) is 2.05. The Hall–Kier alpha value is -2.66. The van der Waals surface area contributed by atoms with Gasteiger partial charge in [-0.1, -0.05) is 24.3 Å². The van der Waals surface area contributed by atoms with Gasteiger partial charge in [-0.25, -0.2) is 4.98 Å². The summed E-state index contributed by atoms with van der Waals surface area (Å²) in [6.07, 6.45) is 5.64. The van der Waals surface area contributed by atoms with Crippen LogP contribution in [0.15, 0.2) is 54.6 Å². The molecule has 1 fully saturated rings. The fraction of sp³-hybridized carbons (Fsp3) is 0.273. The number of ether oxygens (including phenoxy) is 1. The number of aromatic nitrogens is 1. The summed E-state index contributed by atoms with van der Waals surface area (Å²) in [7, 11) is 1.65. The first-order valence-corrected chi connectivity index (χ1v) is 10.0. The quantitative estimate of drug-likeness (QED) is 0.617. The fourth-order valence-corrected chi connectivity index (χ4v) is 4.52. The van der Waals surface area contributed by atoms with Crippen LogP contribution < -0.4 is 4.74 Å². The number of fused-ring (bicyclic) bond motifs is 1. The molecule has 2 aromatic carbocycles. The second-order valence-corrected chi connectivity index (χ2v) is 7.81. The number of carbonyl (C=O) groups excluding carboxylic acids is 1. The van der Waals surface area contributed by atoms with Crippen molar-refractivity contribution in [3.63, 3.8) is 0 Å². The highest BCUT2D eigenvalue weighted by atomic mass is 32.1. The molecule has 0 bridgehead atoms. The molecular formula is C22H22N2O2S. The van der Waals surface area contributed by atoms with Crippen LogP contribution in [0.1, 0.15) is 29.3 Å². The molecule has 0 N–H and O–H groups in total. The lowest BCUT2D eigenvalue weighted by molar-refractivity contribution is -0.127. The third-order valence-corrected chi connectivity index (χ3v) is 6.13. The van der Waals surface area contributed by atoms with Gasteiger partial charge in [0, 0.05) is 25.1 Å². The molecule has 1 aliphatic heterocycles. The van der Waals surface area contributed by atoms with Crippen molar-refractivity contribution in [1.29, 1.82) is 0 Å². The van der Waals surface area contributed by atoms with E-state index in [1.807, 2.05) is 47.4 Å². The number of piperidine rings is 1. The van der Waals surface area contributed by atoms with Gasteiger partial charge < -0.3 is 9.64 Å². The van der Waals surface area contributed by atoms with Crippen LogP contribution in [-0.2, 0) is 4.79 Å². The zero-order chi connectivity index (χ0) is 18.6. The Kier molecular flexibility index (Phi) is 5.21. The van der Waals surface area contributed by atoms with Crippen LogP contribution in [0.5, 0.6) is 5.75 Å². The van der Waals surface area contributed by atoms with Gasteiger partial charge in [0.05, 0.1) is 22.3 Å². The number of thiazole rings is 1. The molecule has 3 aromatic rings. The first kappa shape index (κ1) is 17.7.